The second kappa shape index (κ2) is 8.38. The van der Waals surface area contributed by atoms with Crippen molar-refractivity contribution in [3.63, 3.8) is 0 Å². The molecule has 26 heavy (non-hydrogen) atoms. The number of amides is 3. The maximum Gasteiger partial charge on any atom is 0.323 e. The van der Waals surface area contributed by atoms with E-state index in [9.17, 15) is 9.59 Å². The average Bonchev–Trinajstić information content (AvgIpc) is 3.15. The number of rotatable bonds is 5. The predicted octanol–water partition coefficient (Wildman–Crippen LogP) is 4.01. The van der Waals surface area contributed by atoms with Gasteiger partial charge in [-0.3, -0.25) is 4.79 Å². The summed E-state index contributed by atoms with van der Waals surface area (Å²) in [4.78, 5) is 24.4. The molecule has 136 valence electrons. The number of hydrogen-bond donors (Lipinski definition) is 3. The van der Waals surface area contributed by atoms with E-state index in [1.807, 2.05) is 12.1 Å². The molecule has 0 aromatic heterocycles. The van der Waals surface area contributed by atoms with Gasteiger partial charge in [0.1, 0.15) is 5.75 Å². The van der Waals surface area contributed by atoms with Crippen LogP contribution in [0, 0.1) is 0 Å². The Labute approximate surface area is 152 Å². The third-order valence-corrected chi connectivity index (χ3v) is 4.45. The summed E-state index contributed by atoms with van der Waals surface area (Å²) in [6.07, 6.45) is 4.45. The van der Waals surface area contributed by atoms with Crippen molar-refractivity contribution in [3.05, 3.63) is 54.1 Å². The summed E-state index contributed by atoms with van der Waals surface area (Å²) in [5.74, 6) is 0.517. The number of methoxy groups -OCH3 is 1. The lowest BCUT2D eigenvalue weighted by Crippen LogP contribution is -2.32. The smallest absolute Gasteiger partial charge is 0.323 e. The van der Waals surface area contributed by atoms with Crippen molar-refractivity contribution < 1.29 is 14.3 Å². The molecule has 1 aliphatic carbocycles. The Kier molecular flexibility index (Phi) is 5.73. The van der Waals surface area contributed by atoms with Crippen LogP contribution in [0.25, 0.3) is 0 Å². The van der Waals surface area contributed by atoms with E-state index in [0.717, 1.165) is 12.8 Å². The van der Waals surface area contributed by atoms with Crippen molar-refractivity contribution in [2.45, 2.75) is 31.7 Å². The molecule has 0 atom stereocenters. The molecule has 3 rings (SSSR count). The van der Waals surface area contributed by atoms with Gasteiger partial charge in [-0.1, -0.05) is 25.0 Å². The lowest BCUT2D eigenvalue weighted by molar-refractivity contribution is 0.0938. The highest BCUT2D eigenvalue weighted by Crippen LogP contribution is 2.23. The molecular weight excluding hydrogens is 330 g/mol. The molecule has 0 heterocycles. The van der Waals surface area contributed by atoms with Crippen molar-refractivity contribution in [1.82, 2.24) is 5.32 Å². The van der Waals surface area contributed by atoms with Crippen LogP contribution in [0.1, 0.15) is 36.0 Å². The molecule has 3 amide bonds. The summed E-state index contributed by atoms with van der Waals surface area (Å²) in [6, 6.07) is 13.9. The van der Waals surface area contributed by atoms with Crippen LogP contribution < -0.4 is 20.7 Å². The van der Waals surface area contributed by atoms with E-state index >= 15 is 0 Å². The largest absolute Gasteiger partial charge is 0.495 e. The average molecular weight is 353 g/mol. The van der Waals surface area contributed by atoms with E-state index in [2.05, 4.69) is 16.0 Å². The zero-order valence-corrected chi connectivity index (χ0v) is 14.7. The van der Waals surface area contributed by atoms with Gasteiger partial charge in [0.05, 0.1) is 12.8 Å². The van der Waals surface area contributed by atoms with Crippen LogP contribution in [0.5, 0.6) is 5.75 Å². The summed E-state index contributed by atoms with van der Waals surface area (Å²) in [6.45, 7) is 0. The Hall–Kier alpha value is -3.02. The van der Waals surface area contributed by atoms with Gasteiger partial charge in [0, 0.05) is 17.3 Å². The van der Waals surface area contributed by atoms with Gasteiger partial charge in [-0.05, 0) is 49.2 Å². The van der Waals surface area contributed by atoms with Gasteiger partial charge in [-0.2, -0.15) is 0 Å². The third kappa shape index (κ3) is 4.53. The fourth-order valence-electron chi connectivity index (χ4n) is 3.08. The Morgan fingerprint density at radius 1 is 0.962 bits per heavy atom. The van der Waals surface area contributed by atoms with Crippen molar-refractivity contribution in [3.8, 4) is 5.75 Å². The highest BCUT2D eigenvalue weighted by Gasteiger charge is 2.17. The van der Waals surface area contributed by atoms with Gasteiger partial charge < -0.3 is 20.7 Å². The first-order valence-corrected chi connectivity index (χ1v) is 8.77. The summed E-state index contributed by atoms with van der Waals surface area (Å²) >= 11 is 0. The number of hydrogen-bond acceptors (Lipinski definition) is 3. The molecule has 2 aromatic carbocycles. The first kappa shape index (κ1) is 17.8. The predicted molar refractivity (Wildman–Crippen MR) is 102 cm³/mol. The molecule has 3 N–H and O–H groups in total. The standard InChI is InChI=1S/C20H23N3O3/c1-26-18-9-5-4-8-17(18)23-20(25)22-16-12-10-14(11-13-16)19(24)21-15-6-2-3-7-15/h4-5,8-13,15H,2-3,6-7H2,1H3,(H,21,24)(H2,22,23,25). The molecule has 0 saturated heterocycles. The van der Waals surface area contributed by atoms with Gasteiger partial charge in [-0.15, -0.1) is 0 Å². The first-order chi connectivity index (χ1) is 12.7. The Bertz CT molecular complexity index is 768. The Balaban J connectivity index is 1.56. The summed E-state index contributed by atoms with van der Waals surface area (Å²) in [5, 5.41) is 8.53. The summed E-state index contributed by atoms with van der Waals surface area (Å²) < 4.78 is 5.21. The number of nitrogens with one attached hydrogen (secondary N) is 3. The van der Waals surface area contributed by atoms with E-state index in [-0.39, 0.29) is 18.0 Å². The minimum Gasteiger partial charge on any atom is -0.495 e. The molecule has 2 aromatic rings. The van der Waals surface area contributed by atoms with Crippen molar-refractivity contribution in [2.75, 3.05) is 17.7 Å². The van der Waals surface area contributed by atoms with E-state index in [4.69, 9.17) is 4.74 Å². The second-order valence-corrected chi connectivity index (χ2v) is 6.31. The highest BCUT2D eigenvalue weighted by atomic mass is 16.5. The molecule has 1 aliphatic rings. The molecule has 0 unspecified atom stereocenters. The van der Waals surface area contributed by atoms with Gasteiger partial charge in [-0.25, -0.2) is 4.79 Å². The van der Waals surface area contributed by atoms with Crippen LogP contribution in [0.15, 0.2) is 48.5 Å². The van der Waals surface area contributed by atoms with Crippen LogP contribution in [0.3, 0.4) is 0 Å². The molecular formula is C20H23N3O3. The molecule has 0 spiro atoms. The fraction of sp³-hybridized carbons (Fsp3) is 0.300. The maximum atomic E-state index is 12.2. The number of urea groups is 1. The SMILES string of the molecule is COc1ccccc1NC(=O)Nc1ccc(C(=O)NC2CCCC2)cc1. The van der Waals surface area contributed by atoms with Gasteiger partial charge in [0.25, 0.3) is 5.91 Å². The summed E-state index contributed by atoms with van der Waals surface area (Å²) in [7, 11) is 1.55. The number of benzene rings is 2. The van der Waals surface area contributed by atoms with Crippen molar-refractivity contribution in [2.24, 2.45) is 0 Å². The van der Waals surface area contributed by atoms with E-state index in [1.165, 1.54) is 12.8 Å². The number of ether oxygens (including phenoxy) is 1. The van der Waals surface area contributed by atoms with E-state index < -0.39 is 0 Å². The second-order valence-electron chi connectivity index (χ2n) is 6.31. The zero-order chi connectivity index (χ0) is 18.4. The van der Waals surface area contributed by atoms with E-state index in [0.29, 0.717) is 22.7 Å². The first-order valence-electron chi connectivity index (χ1n) is 8.77. The lowest BCUT2D eigenvalue weighted by Gasteiger charge is -2.13. The van der Waals surface area contributed by atoms with Crippen molar-refractivity contribution >= 4 is 23.3 Å². The molecule has 0 radical (unpaired) electrons. The van der Waals surface area contributed by atoms with Crippen LogP contribution in [-0.2, 0) is 0 Å². The molecule has 6 nitrogen and oxygen atoms in total. The maximum absolute atomic E-state index is 12.2. The van der Waals surface area contributed by atoms with E-state index in [1.54, 1.807) is 43.5 Å². The van der Waals surface area contributed by atoms with Gasteiger partial charge >= 0.3 is 6.03 Å². The normalized spacial score (nSPS) is 13.9. The molecule has 0 aliphatic heterocycles. The zero-order valence-electron chi connectivity index (χ0n) is 14.7. The fourth-order valence-corrected chi connectivity index (χ4v) is 3.08. The van der Waals surface area contributed by atoms with Crippen LogP contribution >= 0.6 is 0 Å². The molecule has 1 fully saturated rings. The van der Waals surface area contributed by atoms with Gasteiger partial charge in [0.15, 0.2) is 0 Å². The quantitative estimate of drug-likeness (QED) is 0.760. The van der Waals surface area contributed by atoms with Crippen molar-refractivity contribution in [1.29, 1.82) is 0 Å². The van der Waals surface area contributed by atoms with Crippen LogP contribution in [0.4, 0.5) is 16.2 Å². The third-order valence-electron chi connectivity index (χ3n) is 4.45. The monoisotopic (exact) mass is 353 g/mol. The highest BCUT2D eigenvalue weighted by molar-refractivity contribution is 6.01. The van der Waals surface area contributed by atoms with Crippen LogP contribution in [0.2, 0.25) is 0 Å². The molecule has 6 heteroatoms. The minimum absolute atomic E-state index is 0.0677. The minimum atomic E-state index is -0.377. The number of carbonyl (C=O) groups is 2. The lowest BCUT2D eigenvalue weighted by atomic mass is 10.1. The number of carbonyl (C=O) groups excluding carboxylic acids is 2. The molecule has 1 saturated carbocycles. The van der Waals surface area contributed by atoms with Crippen LogP contribution in [-0.4, -0.2) is 25.1 Å². The summed E-state index contributed by atoms with van der Waals surface area (Å²) in [5.41, 5.74) is 1.78. The number of anilines is 2. The van der Waals surface area contributed by atoms with Gasteiger partial charge in [0.2, 0.25) is 0 Å². The Morgan fingerprint density at radius 2 is 1.65 bits per heavy atom. The Morgan fingerprint density at radius 3 is 2.35 bits per heavy atom. The number of para-hydroxylation sites is 2. The molecule has 0 bridgehead atoms. The topological polar surface area (TPSA) is 79.5 Å².